The van der Waals surface area contributed by atoms with E-state index < -0.39 is 0 Å². The van der Waals surface area contributed by atoms with Crippen molar-refractivity contribution in [3.05, 3.63) is 35.9 Å². The van der Waals surface area contributed by atoms with Crippen LogP contribution in [0.25, 0.3) is 0 Å². The fourth-order valence-electron chi connectivity index (χ4n) is 4.96. The number of rotatable bonds is 7. The van der Waals surface area contributed by atoms with E-state index in [-0.39, 0.29) is 0 Å². The van der Waals surface area contributed by atoms with Crippen molar-refractivity contribution in [1.82, 2.24) is 15.1 Å². The van der Waals surface area contributed by atoms with E-state index in [1.165, 1.54) is 18.4 Å². The van der Waals surface area contributed by atoms with Gasteiger partial charge in [0.15, 0.2) is 5.96 Å². The van der Waals surface area contributed by atoms with Crippen LogP contribution >= 0.6 is 0 Å². The van der Waals surface area contributed by atoms with Gasteiger partial charge in [-0.25, -0.2) is 0 Å². The molecule has 1 N–H and O–H groups in total. The molecule has 2 atom stereocenters. The summed E-state index contributed by atoms with van der Waals surface area (Å²) in [5, 5.41) is 3.67. The maximum Gasteiger partial charge on any atom is 0.193 e. The minimum absolute atomic E-state index is 0.298. The maximum atomic E-state index is 6.19. The summed E-state index contributed by atoms with van der Waals surface area (Å²) in [4.78, 5) is 9.49. The van der Waals surface area contributed by atoms with Gasteiger partial charge in [0.25, 0.3) is 0 Å². The molecule has 4 rings (SSSR count). The predicted octanol–water partition coefficient (Wildman–Crippen LogP) is 2.69. The van der Waals surface area contributed by atoms with Gasteiger partial charge in [0, 0.05) is 46.4 Å². The molecule has 0 spiro atoms. The van der Waals surface area contributed by atoms with Gasteiger partial charge < -0.3 is 24.4 Å². The number of hydrogen-bond donors (Lipinski definition) is 1. The van der Waals surface area contributed by atoms with Gasteiger partial charge >= 0.3 is 0 Å². The maximum absolute atomic E-state index is 6.19. The molecular formula is C25H40N4O3. The van der Waals surface area contributed by atoms with Crippen molar-refractivity contribution in [3.63, 3.8) is 0 Å². The number of nitrogens with one attached hydrogen (secondary N) is 1. The summed E-state index contributed by atoms with van der Waals surface area (Å²) in [6.07, 6.45) is 6.31. The summed E-state index contributed by atoms with van der Waals surface area (Å²) in [6, 6.07) is 11.1. The standard InChI is InChI=1S/C25H40N4O3/c1-26-25(29-12-10-22(11-13-29)32-20-23-9-5-6-16-31-23)27-19-24(21-7-3-2-4-8-21)28-14-17-30-18-15-28/h2-4,7-8,22-24H,5-6,9-20H2,1H3,(H,26,27). The fraction of sp³-hybridized carbons (Fsp3) is 0.720. The SMILES string of the molecule is CN=C(NCC(c1ccccc1)N1CCOCC1)N1CCC(OCC2CCCCO2)CC1. The number of morpholine rings is 1. The molecule has 0 saturated carbocycles. The summed E-state index contributed by atoms with van der Waals surface area (Å²) in [5.74, 6) is 0.994. The van der Waals surface area contributed by atoms with Gasteiger partial charge in [0.05, 0.1) is 38.1 Å². The molecule has 3 aliphatic heterocycles. The molecular weight excluding hydrogens is 404 g/mol. The predicted molar refractivity (Wildman–Crippen MR) is 127 cm³/mol. The van der Waals surface area contributed by atoms with Crippen LogP contribution in [0.2, 0.25) is 0 Å². The summed E-state index contributed by atoms with van der Waals surface area (Å²) in [7, 11) is 1.89. The molecule has 0 aromatic heterocycles. The largest absolute Gasteiger partial charge is 0.379 e. The Kier molecular flexibility index (Phi) is 9.20. The van der Waals surface area contributed by atoms with Gasteiger partial charge in [0.1, 0.15) is 0 Å². The number of piperidine rings is 1. The van der Waals surface area contributed by atoms with Crippen molar-refractivity contribution >= 4 is 5.96 Å². The van der Waals surface area contributed by atoms with E-state index in [9.17, 15) is 0 Å². The van der Waals surface area contributed by atoms with Crippen LogP contribution in [-0.2, 0) is 14.2 Å². The molecule has 0 aliphatic carbocycles. The van der Waals surface area contributed by atoms with E-state index in [0.717, 1.165) is 84.4 Å². The molecule has 0 amide bonds. The Hall–Kier alpha value is -1.67. The van der Waals surface area contributed by atoms with E-state index in [1.54, 1.807) is 0 Å². The van der Waals surface area contributed by atoms with E-state index >= 15 is 0 Å². The van der Waals surface area contributed by atoms with E-state index in [0.29, 0.717) is 18.2 Å². The third-order valence-electron chi connectivity index (χ3n) is 6.87. The van der Waals surface area contributed by atoms with Crippen LogP contribution in [0, 0.1) is 0 Å². The summed E-state index contributed by atoms with van der Waals surface area (Å²) >= 11 is 0. The first-order chi connectivity index (χ1) is 15.8. The number of nitrogens with zero attached hydrogens (tertiary/aromatic N) is 3. The first-order valence-electron chi connectivity index (χ1n) is 12.4. The summed E-state index contributed by atoms with van der Waals surface area (Å²) < 4.78 is 17.6. The molecule has 2 unspecified atom stereocenters. The zero-order valence-electron chi connectivity index (χ0n) is 19.6. The molecule has 7 heteroatoms. The molecule has 0 radical (unpaired) electrons. The number of guanidine groups is 1. The third-order valence-corrected chi connectivity index (χ3v) is 6.87. The van der Waals surface area contributed by atoms with Crippen molar-refractivity contribution < 1.29 is 14.2 Å². The highest BCUT2D eigenvalue weighted by Gasteiger charge is 2.26. The van der Waals surface area contributed by atoms with Gasteiger partial charge in [-0.3, -0.25) is 9.89 Å². The Morgan fingerprint density at radius 2 is 1.84 bits per heavy atom. The smallest absolute Gasteiger partial charge is 0.193 e. The van der Waals surface area contributed by atoms with E-state index in [4.69, 9.17) is 14.2 Å². The minimum Gasteiger partial charge on any atom is -0.379 e. The van der Waals surface area contributed by atoms with Gasteiger partial charge in [-0.2, -0.15) is 0 Å². The molecule has 0 bridgehead atoms. The average molecular weight is 445 g/mol. The molecule has 3 heterocycles. The topological polar surface area (TPSA) is 58.6 Å². The lowest BCUT2D eigenvalue weighted by atomic mass is 10.0. The van der Waals surface area contributed by atoms with Gasteiger partial charge in [-0.15, -0.1) is 0 Å². The Balaban J connectivity index is 1.26. The first-order valence-corrected chi connectivity index (χ1v) is 12.4. The van der Waals surface area contributed by atoms with Crippen molar-refractivity contribution in [3.8, 4) is 0 Å². The normalized spacial score (nSPS) is 25.0. The lowest BCUT2D eigenvalue weighted by Crippen LogP contribution is -2.50. The van der Waals surface area contributed by atoms with Crippen LogP contribution in [0.4, 0.5) is 0 Å². The second kappa shape index (κ2) is 12.5. The molecule has 7 nitrogen and oxygen atoms in total. The quantitative estimate of drug-likeness (QED) is 0.516. The van der Waals surface area contributed by atoms with Crippen LogP contribution in [0.15, 0.2) is 35.3 Å². The molecule has 3 aliphatic rings. The summed E-state index contributed by atoms with van der Waals surface area (Å²) in [5.41, 5.74) is 1.34. The minimum atomic E-state index is 0.298. The van der Waals surface area contributed by atoms with Gasteiger partial charge in [-0.05, 0) is 37.7 Å². The van der Waals surface area contributed by atoms with Crippen molar-refractivity contribution in [2.45, 2.75) is 50.4 Å². The fourth-order valence-corrected chi connectivity index (χ4v) is 4.96. The Morgan fingerprint density at radius 3 is 2.53 bits per heavy atom. The van der Waals surface area contributed by atoms with Crippen LogP contribution in [0.3, 0.4) is 0 Å². The number of aliphatic imine (C=N–C) groups is 1. The second-order valence-electron chi connectivity index (χ2n) is 9.01. The molecule has 3 fully saturated rings. The number of likely N-dealkylation sites (tertiary alicyclic amines) is 1. The molecule has 1 aromatic rings. The average Bonchev–Trinajstić information content (AvgIpc) is 2.88. The molecule has 3 saturated heterocycles. The van der Waals surface area contributed by atoms with Crippen LogP contribution < -0.4 is 5.32 Å². The molecule has 32 heavy (non-hydrogen) atoms. The first kappa shape index (κ1) is 23.5. The number of ether oxygens (including phenoxy) is 3. The van der Waals surface area contributed by atoms with Crippen LogP contribution in [0.5, 0.6) is 0 Å². The van der Waals surface area contributed by atoms with E-state index in [2.05, 4.69) is 50.4 Å². The highest BCUT2D eigenvalue weighted by Crippen LogP contribution is 2.22. The number of hydrogen-bond acceptors (Lipinski definition) is 5. The Bertz CT molecular complexity index is 682. The van der Waals surface area contributed by atoms with Crippen molar-refractivity contribution in [2.24, 2.45) is 4.99 Å². The summed E-state index contributed by atoms with van der Waals surface area (Å²) in [6.45, 7) is 7.97. The van der Waals surface area contributed by atoms with Crippen LogP contribution in [0.1, 0.15) is 43.7 Å². The van der Waals surface area contributed by atoms with E-state index in [1.807, 2.05) is 7.05 Å². The van der Waals surface area contributed by atoms with Crippen molar-refractivity contribution in [1.29, 1.82) is 0 Å². The van der Waals surface area contributed by atoms with Gasteiger partial charge in [0.2, 0.25) is 0 Å². The number of benzene rings is 1. The highest BCUT2D eigenvalue weighted by molar-refractivity contribution is 5.80. The van der Waals surface area contributed by atoms with Crippen molar-refractivity contribution in [2.75, 3.05) is 66.2 Å². The molecule has 1 aromatic carbocycles. The highest BCUT2D eigenvalue weighted by atomic mass is 16.5. The third kappa shape index (κ3) is 6.67. The monoisotopic (exact) mass is 444 g/mol. The Labute approximate surface area is 193 Å². The Morgan fingerprint density at radius 1 is 1.06 bits per heavy atom. The zero-order chi connectivity index (χ0) is 22.0. The second-order valence-corrected chi connectivity index (χ2v) is 9.01. The van der Waals surface area contributed by atoms with Crippen LogP contribution in [-0.4, -0.2) is 94.2 Å². The lowest BCUT2D eigenvalue weighted by molar-refractivity contribution is -0.0721. The lowest BCUT2D eigenvalue weighted by Gasteiger charge is -2.37. The zero-order valence-corrected chi connectivity index (χ0v) is 19.6. The molecule has 178 valence electrons. The van der Waals surface area contributed by atoms with Gasteiger partial charge in [-0.1, -0.05) is 30.3 Å².